The lowest BCUT2D eigenvalue weighted by Gasteiger charge is -2.35. The Morgan fingerprint density at radius 3 is 2.47 bits per heavy atom. The molecule has 0 bridgehead atoms. The number of fused-ring (bicyclic) bond motifs is 1. The van der Waals surface area contributed by atoms with Gasteiger partial charge in [0.05, 0.1) is 31.7 Å². The van der Waals surface area contributed by atoms with E-state index in [0.29, 0.717) is 61.1 Å². The number of carbonyl (C=O) groups excluding carboxylic acids is 2. The number of carbonyl (C=O) groups is 2. The Morgan fingerprint density at radius 1 is 1.12 bits per heavy atom. The van der Waals surface area contributed by atoms with Gasteiger partial charge in [-0.3, -0.25) is 9.59 Å². The highest BCUT2D eigenvalue weighted by Crippen LogP contribution is 2.36. The SMILES string of the molecule is COc1cc2nc(N3CCN(C(=O)C4CCCO4)CC3)nc(OC(=O)CN)c2cc1OC. The third kappa shape index (κ3) is 4.39. The summed E-state index contributed by atoms with van der Waals surface area (Å²) in [4.78, 5) is 37.4. The fourth-order valence-corrected chi connectivity index (χ4v) is 3.89. The highest BCUT2D eigenvalue weighted by atomic mass is 16.5. The molecule has 3 heterocycles. The molecule has 32 heavy (non-hydrogen) atoms. The van der Waals surface area contributed by atoms with Crippen LogP contribution in [0.4, 0.5) is 5.95 Å². The van der Waals surface area contributed by atoms with Gasteiger partial charge in [-0.25, -0.2) is 4.98 Å². The molecule has 2 fully saturated rings. The summed E-state index contributed by atoms with van der Waals surface area (Å²) in [7, 11) is 3.05. The minimum Gasteiger partial charge on any atom is -0.493 e. The zero-order valence-corrected chi connectivity index (χ0v) is 18.2. The molecule has 2 N–H and O–H groups in total. The quantitative estimate of drug-likeness (QED) is 0.621. The van der Waals surface area contributed by atoms with Gasteiger partial charge in [0.25, 0.3) is 5.91 Å². The smallest absolute Gasteiger partial charge is 0.326 e. The summed E-state index contributed by atoms with van der Waals surface area (Å²) in [6.45, 7) is 2.51. The van der Waals surface area contributed by atoms with Crippen molar-refractivity contribution in [3.8, 4) is 17.4 Å². The first-order valence-electron chi connectivity index (χ1n) is 10.5. The number of ether oxygens (including phenoxy) is 4. The predicted octanol–water partition coefficient (Wildman–Crippen LogP) is 0.339. The van der Waals surface area contributed by atoms with Crippen LogP contribution in [0.25, 0.3) is 10.9 Å². The van der Waals surface area contributed by atoms with Gasteiger partial charge in [-0.05, 0) is 18.9 Å². The Hall–Kier alpha value is -3.18. The highest BCUT2D eigenvalue weighted by molar-refractivity contribution is 5.90. The molecule has 1 amide bonds. The number of benzene rings is 1. The van der Waals surface area contributed by atoms with Crippen LogP contribution in [0, 0.1) is 0 Å². The van der Waals surface area contributed by atoms with Gasteiger partial charge in [-0.1, -0.05) is 0 Å². The molecule has 0 saturated carbocycles. The van der Waals surface area contributed by atoms with Crippen LogP contribution in [0.15, 0.2) is 12.1 Å². The van der Waals surface area contributed by atoms with Crippen molar-refractivity contribution >= 4 is 28.7 Å². The Morgan fingerprint density at radius 2 is 1.84 bits per heavy atom. The highest BCUT2D eigenvalue weighted by Gasteiger charge is 2.31. The van der Waals surface area contributed by atoms with E-state index < -0.39 is 5.97 Å². The van der Waals surface area contributed by atoms with E-state index in [0.717, 1.165) is 12.8 Å². The van der Waals surface area contributed by atoms with Gasteiger partial charge < -0.3 is 34.5 Å². The van der Waals surface area contributed by atoms with E-state index >= 15 is 0 Å². The summed E-state index contributed by atoms with van der Waals surface area (Å²) < 4.78 is 21.6. The average Bonchev–Trinajstić information content (AvgIpc) is 3.37. The van der Waals surface area contributed by atoms with Crippen LogP contribution in [-0.2, 0) is 14.3 Å². The maximum Gasteiger partial charge on any atom is 0.326 e. The van der Waals surface area contributed by atoms with Crippen molar-refractivity contribution < 1.29 is 28.5 Å². The number of anilines is 1. The van der Waals surface area contributed by atoms with Gasteiger partial charge in [0, 0.05) is 38.9 Å². The van der Waals surface area contributed by atoms with Crippen LogP contribution in [0.1, 0.15) is 12.8 Å². The van der Waals surface area contributed by atoms with E-state index in [1.54, 1.807) is 12.1 Å². The van der Waals surface area contributed by atoms with E-state index in [1.807, 2.05) is 9.80 Å². The number of esters is 1. The molecular weight excluding hydrogens is 418 g/mol. The summed E-state index contributed by atoms with van der Waals surface area (Å²) >= 11 is 0. The van der Waals surface area contributed by atoms with E-state index in [2.05, 4.69) is 9.97 Å². The molecule has 2 aliphatic rings. The number of piperazine rings is 1. The van der Waals surface area contributed by atoms with Crippen LogP contribution in [-0.4, -0.2) is 86.4 Å². The minimum atomic E-state index is -0.613. The van der Waals surface area contributed by atoms with Crippen LogP contribution in [0.5, 0.6) is 17.4 Å². The number of nitrogens with two attached hydrogens (primary N) is 1. The first-order valence-corrected chi connectivity index (χ1v) is 10.5. The van der Waals surface area contributed by atoms with Crippen molar-refractivity contribution in [1.82, 2.24) is 14.9 Å². The number of nitrogens with zero attached hydrogens (tertiary/aromatic N) is 4. The topological polar surface area (TPSA) is 129 Å². The number of amides is 1. The molecule has 1 aromatic carbocycles. The first kappa shape index (κ1) is 22.0. The van der Waals surface area contributed by atoms with Crippen molar-refractivity contribution in [1.29, 1.82) is 0 Å². The van der Waals surface area contributed by atoms with E-state index in [1.165, 1.54) is 14.2 Å². The van der Waals surface area contributed by atoms with E-state index in [4.69, 9.17) is 24.7 Å². The van der Waals surface area contributed by atoms with E-state index in [-0.39, 0.29) is 24.4 Å². The number of hydrogen-bond donors (Lipinski definition) is 1. The van der Waals surface area contributed by atoms with Gasteiger partial charge in [0.2, 0.25) is 11.8 Å². The monoisotopic (exact) mass is 445 g/mol. The van der Waals surface area contributed by atoms with Gasteiger partial charge in [0.15, 0.2) is 11.5 Å². The lowest BCUT2D eigenvalue weighted by Crippen LogP contribution is -2.51. The molecule has 1 aromatic heterocycles. The molecule has 0 spiro atoms. The van der Waals surface area contributed by atoms with Crippen LogP contribution < -0.4 is 24.8 Å². The maximum atomic E-state index is 12.6. The molecule has 2 aliphatic heterocycles. The molecule has 0 aliphatic carbocycles. The van der Waals surface area contributed by atoms with Crippen molar-refractivity contribution in [3.05, 3.63) is 12.1 Å². The Kier molecular flexibility index (Phi) is 6.56. The number of aromatic nitrogens is 2. The van der Waals surface area contributed by atoms with Gasteiger partial charge >= 0.3 is 5.97 Å². The first-order chi connectivity index (χ1) is 15.5. The minimum absolute atomic E-state index is 0.0379. The molecule has 1 unspecified atom stereocenters. The second kappa shape index (κ2) is 9.53. The lowest BCUT2D eigenvalue weighted by atomic mass is 10.2. The van der Waals surface area contributed by atoms with Crippen LogP contribution in [0.2, 0.25) is 0 Å². The second-order valence-electron chi connectivity index (χ2n) is 7.55. The standard InChI is InChI=1S/C21H27N5O6/c1-29-16-10-13-14(11-17(16)30-2)23-21(24-19(13)32-18(27)12-22)26-7-5-25(6-8-26)20(28)15-4-3-9-31-15/h10-11,15H,3-9,12,22H2,1-2H3. The molecule has 2 saturated heterocycles. The van der Waals surface area contributed by atoms with Gasteiger partial charge in [-0.15, -0.1) is 0 Å². The molecule has 2 aromatic rings. The molecule has 11 heteroatoms. The summed E-state index contributed by atoms with van der Waals surface area (Å²) in [5.74, 6) is 0.872. The lowest BCUT2D eigenvalue weighted by molar-refractivity contribution is -0.141. The predicted molar refractivity (Wildman–Crippen MR) is 115 cm³/mol. The Bertz CT molecular complexity index is 1000. The van der Waals surface area contributed by atoms with Crippen molar-refractivity contribution in [2.75, 3.05) is 58.5 Å². The molecule has 0 radical (unpaired) electrons. The molecular formula is C21H27N5O6. The number of methoxy groups -OCH3 is 2. The summed E-state index contributed by atoms with van der Waals surface area (Å²) in [6, 6.07) is 3.37. The third-order valence-corrected chi connectivity index (χ3v) is 5.61. The van der Waals surface area contributed by atoms with E-state index in [9.17, 15) is 9.59 Å². The Balaban J connectivity index is 1.60. The van der Waals surface area contributed by atoms with Crippen LogP contribution in [0.3, 0.4) is 0 Å². The summed E-state index contributed by atoms with van der Waals surface area (Å²) in [5, 5.41) is 0.500. The van der Waals surface area contributed by atoms with Crippen molar-refractivity contribution in [3.63, 3.8) is 0 Å². The maximum absolute atomic E-state index is 12.6. The Labute approximate surface area is 185 Å². The molecule has 4 rings (SSSR count). The van der Waals surface area contributed by atoms with Crippen molar-refractivity contribution in [2.24, 2.45) is 5.73 Å². The fraction of sp³-hybridized carbons (Fsp3) is 0.524. The molecule has 172 valence electrons. The number of rotatable bonds is 6. The van der Waals surface area contributed by atoms with Gasteiger partial charge in [-0.2, -0.15) is 4.98 Å². The number of hydrogen-bond acceptors (Lipinski definition) is 10. The average molecular weight is 445 g/mol. The van der Waals surface area contributed by atoms with Gasteiger partial charge in [0.1, 0.15) is 6.10 Å². The fourth-order valence-electron chi connectivity index (χ4n) is 3.89. The zero-order chi connectivity index (χ0) is 22.7. The molecule has 1 atom stereocenters. The summed E-state index contributed by atoms with van der Waals surface area (Å²) in [6.07, 6.45) is 1.36. The van der Waals surface area contributed by atoms with Crippen molar-refractivity contribution in [2.45, 2.75) is 18.9 Å². The second-order valence-corrected chi connectivity index (χ2v) is 7.55. The normalized spacial score (nSPS) is 18.7. The molecule has 11 nitrogen and oxygen atoms in total. The third-order valence-electron chi connectivity index (χ3n) is 5.61. The van der Waals surface area contributed by atoms with Crippen LogP contribution >= 0.6 is 0 Å². The summed E-state index contributed by atoms with van der Waals surface area (Å²) in [5.41, 5.74) is 5.95. The largest absolute Gasteiger partial charge is 0.493 e. The zero-order valence-electron chi connectivity index (χ0n) is 18.2.